The third-order valence-corrected chi connectivity index (χ3v) is 3.38. The first-order valence-corrected chi connectivity index (χ1v) is 6.87. The maximum absolute atomic E-state index is 11.9. The lowest BCUT2D eigenvalue weighted by atomic mass is 9.96. The van der Waals surface area contributed by atoms with Gasteiger partial charge in [0.15, 0.2) is 0 Å². The van der Waals surface area contributed by atoms with E-state index >= 15 is 0 Å². The van der Waals surface area contributed by atoms with E-state index in [-0.39, 0.29) is 12.6 Å². The van der Waals surface area contributed by atoms with Crippen molar-refractivity contribution in [1.29, 1.82) is 0 Å². The third kappa shape index (κ3) is 4.07. The zero-order valence-electron chi connectivity index (χ0n) is 12.3. The highest BCUT2D eigenvalue weighted by molar-refractivity contribution is 5.90. The number of hydrogen-bond donors (Lipinski definition) is 3. The Morgan fingerprint density at radius 2 is 1.71 bits per heavy atom. The number of hydrogen-bond acceptors (Lipinski definition) is 2. The first-order valence-electron chi connectivity index (χ1n) is 6.87. The smallest absolute Gasteiger partial charge is 0.319 e. The van der Waals surface area contributed by atoms with Gasteiger partial charge in [-0.2, -0.15) is 0 Å². The number of aryl methyl sites for hydroxylation is 1. The van der Waals surface area contributed by atoms with Crippen LogP contribution in [-0.2, 0) is 5.60 Å². The molecule has 4 heteroatoms. The highest BCUT2D eigenvalue weighted by atomic mass is 16.3. The summed E-state index contributed by atoms with van der Waals surface area (Å²) < 4.78 is 0. The van der Waals surface area contributed by atoms with E-state index in [9.17, 15) is 9.90 Å². The van der Waals surface area contributed by atoms with Crippen LogP contribution in [0.1, 0.15) is 18.1 Å². The van der Waals surface area contributed by atoms with Crippen LogP contribution in [0.3, 0.4) is 0 Å². The van der Waals surface area contributed by atoms with E-state index in [4.69, 9.17) is 0 Å². The Kier molecular flexibility index (Phi) is 4.60. The van der Waals surface area contributed by atoms with Crippen molar-refractivity contribution >= 4 is 11.7 Å². The van der Waals surface area contributed by atoms with Crippen molar-refractivity contribution < 1.29 is 9.90 Å². The predicted molar refractivity (Wildman–Crippen MR) is 84.2 cm³/mol. The zero-order valence-corrected chi connectivity index (χ0v) is 12.3. The van der Waals surface area contributed by atoms with Gasteiger partial charge in [-0.1, -0.05) is 48.5 Å². The molecule has 0 aliphatic carbocycles. The third-order valence-electron chi connectivity index (χ3n) is 3.38. The molecule has 0 aliphatic rings. The molecule has 2 aromatic rings. The normalized spacial score (nSPS) is 13.3. The molecule has 4 nitrogen and oxygen atoms in total. The van der Waals surface area contributed by atoms with Crippen LogP contribution in [0.2, 0.25) is 0 Å². The fourth-order valence-corrected chi connectivity index (χ4v) is 2.03. The largest absolute Gasteiger partial charge is 0.384 e. The first-order chi connectivity index (χ1) is 9.99. The molecule has 0 aromatic heterocycles. The van der Waals surface area contributed by atoms with Crippen LogP contribution in [0.25, 0.3) is 0 Å². The molecule has 21 heavy (non-hydrogen) atoms. The second-order valence-electron chi connectivity index (χ2n) is 5.26. The van der Waals surface area contributed by atoms with Gasteiger partial charge in [0, 0.05) is 5.69 Å². The molecule has 0 heterocycles. The molecule has 0 bridgehead atoms. The van der Waals surface area contributed by atoms with Crippen molar-refractivity contribution in [2.24, 2.45) is 0 Å². The number of amides is 2. The number of urea groups is 1. The fourth-order valence-electron chi connectivity index (χ4n) is 2.03. The van der Waals surface area contributed by atoms with Gasteiger partial charge < -0.3 is 15.7 Å². The summed E-state index contributed by atoms with van der Waals surface area (Å²) in [5.74, 6) is 0. The second-order valence-corrected chi connectivity index (χ2v) is 5.26. The Hall–Kier alpha value is -2.33. The van der Waals surface area contributed by atoms with Crippen molar-refractivity contribution in [2.45, 2.75) is 19.4 Å². The minimum atomic E-state index is -1.11. The number of nitrogens with one attached hydrogen (secondary N) is 2. The number of carbonyl (C=O) groups excluding carboxylic acids is 1. The Morgan fingerprint density at radius 3 is 2.38 bits per heavy atom. The van der Waals surface area contributed by atoms with Crippen LogP contribution < -0.4 is 10.6 Å². The topological polar surface area (TPSA) is 61.4 Å². The van der Waals surface area contributed by atoms with E-state index in [1.807, 2.05) is 61.5 Å². The molecule has 0 spiro atoms. The summed E-state index contributed by atoms with van der Waals surface area (Å²) in [5, 5.41) is 15.9. The lowest BCUT2D eigenvalue weighted by molar-refractivity contribution is 0.0599. The van der Waals surface area contributed by atoms with E-state index in [1.54, 1.807) is 6.92 Å². The average Bonchev–Trinajstić information content (AvgIpc) is 2.49. The summed E-state index contributed by atoms with van der Waals surface area (Å²) in [6, 6.07) is 16.5. The Morgan fingerprint density at radius 1 is 1.10 bits per heavy atom. The van der Waals surface area contributed by atoms with Gasteiger partial charge in [0.25, 0.3) is 0 Å². The van der Waals surface area contributed by atoms with E-state index in [0.29, 0.717) is 0 Å². The van der Waals surface area contributed by atoms with Crippen LogP contribution in [0.4, 0.5) is 10.5 Å². The molecule has 0 saturated carbocycles. The molecule has 0 saturated heterocycles. The first kappa shape index (κ1) is 15.1. The van der Waals surface area contributed by atoms with Gasteiger partial charge in [0.1, 0.15) is 5.60 Å². The van der Waals surface area contributed by atoms with E-state index in [0.717, 1.165) is 16.8 Å². The zero-order chi connectivity index (χ0) is 15.3. The standard InChI is InChI=1S/C17H20N2O2/c1-13-8-6-7-11-15(13)19-16(20)18-12-17(2,21)14-9-4-3-5-10-14/h3-11,21H,12H2,1-2H3,(H2,18,19,20)/t17-/m1/s1. The van der Waals surface area contributed by atoms with Gasteiger partial charge in [-0.3, -0.25) is 0 Å². The molecular weight excluding hydrogens is 264 g/mol. The van der Waals surface area contributed by atoms with E-state index < -0.39 is 5.60 Å². The van der Waals surface area contributed by atoms with Gasteiger partial charge >= 0.3 is 6.03 Å². The Bertz CT molecular complexity index is 609. The van der Waals surface area contributed by atoms with Crippen LogP contribution >= 0.6 is 0 Å². The molecule has 0 aliphatic heterocycles. The Balaban J connectivity index is 1.94. The predicted octanol–water partition coefficient (Wildman–Crippen LogP) is 3.02. The van der Waals surface area contributed by atoms with Gasteiger partial charge in [-0.15, -0.1) is 0 Å². The summed E-state index contributed by atoms with van der Waals surface area (Å²) in [6.07, 6.45) is 0. The van der Waals surface area contributed by atoms with Crippen molar-refractivity contribution in [3.05, 3.63) is 65.7 Å². The van der Waals surface area contributed by atoms with Crippen LogP contribution in [-0.4, -0.2) is 17.7 Å². The molecule has 0 fully saturated rings. The van der Waals surface area contributed by atoms with Crippen molar-refractivity contribution in [1.82, 2.24) is 5.32 Å². The number of aliphatic hydroxyl groups is 1. The molecule has 3 N–H and O–H groups in total. The minimum absolute atomic E-state index is 0.134. The molecule has 0 unspecified atom stereocenters. The number of benzene rings is 2. The number of anilines is 1. The number of rotatable bonds is 4. The summed E-state index contributed by atoms with van der Waals surface area (Å²) in [5.41, 5.74) is 1.41. The molecule has 2 aromatic carbocycles. The fraction of sp³-hybridized carbons (Fsp3) is 0.235. The lowest BCUT2D eigenvalue weighted by Crippen LogP contribution is -2.40. The van der Waals surface area contributed by atoms with E-state index in [1.165, 1.54) is 0 Å². The monoisotopic (exact) mass is 284 g/mol. The summed E-state index contributed by atoms with van der Waals surface area (Å²) in [4.78, 5) is 11.9. The lowest BCUT2D eigenvalue weighted by Gasteiger charge is -2.24. The summed E-state index contributed by atoms with van der Waals surface area (Å²) in [6.45, 7) is 3.74. The van der Waals surface area contributed by atoms with Crippen molar-refractivity contribution in [3.8, 4) is 0 Å². The SMILES string of the molecule is Cc1ccccc1NC(=O)NC[C@@](C)(O)c1ccccc1. The second kappa shape index (κ2) is 6.41. The molecule has 1 atom stereocenters. The van der Waals surface area contributed by atoms with Gasteiger partial charge in [-0.05, 0) is 31.0 Å². The van der Waals surface area contributed by atoms with Crippen LogP contribution in [0.15, 0.2) is 54.6 Å². The molecule has 2 rings (SSSR count). The quantitative estimate of drug-likeness (QED) is 0.808. The van der Waals surface area contributed by atoms with Gasteiger partial charge in [-0.25, -0.2) is 4.79 Å². The highest BCUT2D eigenvalue weighted by Crippen LogP contribution is 2.19. The van der Waals surface area contributed by atoms with Crippen molar-refractivity contribution in [3.63, 3.8) is 0 Å². The molecule has 2 amide bonds. The summed E-state index contributed by atoms with van der Waals surface area (Å²) >= 11 is 0. The van der Waals surface area contributed by atoms with Gasteiger partial charge in [0.05, 0.1) is 6.54 Å². The minimum Gasteiger partial charge on any atom is -0.384 e. The maximum Gasteiger partial charge on any atom is 0.319 e. The van der Waals surface area contributed by atoms with E-state index in [2.05, 4.69) is 10.6 Å². The molecular formula is C17H20N2O2. The van der Waals surface area contributed by atoms with Gasteiger partial charge in [0.2, 0.25) is 0 Å². The van der Waals surface area contributed by atoms with Crippen LogP contribution in [0, 0.1) is 6.92 Å². The van der Waals surface area contributed by atoms with Crippen LogP contribution in [0.5, 0.6) is 0 Å². The molecule has 110 valence electrons. The number of para-hydroxylation sites is 1. The maximum atomic E-state index is 11.9. The number of carbonyl (C=O) groups is 1. The summed E-state index contributed by atoms with van der Waals surface area (Å²) in [7, 11) is 0. The Labute approximate surface area is 124 Å². The average molecular weight is 284 g/mol. The molecule has 0 radical (unpaired) electrons. The van der Waals surface area contributed by atoms with Crippen molar-refractivity contribution in [2.75, 3.05) is 11.9 Å². The highest BCUT2D eigenvalue weighted by Gasteiger charge is 2.23.